The Morgan fingerprint density at radius 1 is 1.42 bits per heavy atom. The Morgan fingerprint density at radius 2 is 2.21 bits per heavy atom. The minimum atomic E-state index is -0.121. The number of rotatable bonds is 5. The summed E-state index contributed by atoms with van der Waals surface area (Å²) in [5.41, 5.74) is 0.890. The van der Waals surface area contributed by atoms with Gasteiger partial charge in [0.1, 0.15) is 0 Å². The van der Waals surface area contributed by atoms with Crippen LogP contribution in [0, 0.1) is 5.92 Å². The number of likely N-dealkylation sites (N-methyl/N-ethyl adjacent to an activating group) is 1. The number of anilines is 1. The molecule has 0 spiro atoms. The molecule has 2 rings (SSSR count). The van der Waals surface area contributed by atoms with Gasteiger partial charge >= 0.3 is 0 Å². The molecular weight excluding hydrogens is 260 g/mol. The summed E-state index contributed by atoms with van der Waals surface area (Å²) < 4.78 is 5.37. The van der Waals surface area contributed by atoms with Crippen molar-refractivity contribution in [3.63, 3.8) is 0 Å². The Balaban J connectivity index is 2.06. The molecule has 1 aliphatic heterocycles. The smallest absolute Gasteiger partial charge is 0.231 e. The number of para-hydroxylation sites is 1. The van der Waals surface area contributed by atoms with Crippen LogP contribution in [0.4, 0.5) is 5.69 Å². The largest absolute Gasteiger partial charge is 0.379 e. The van der Waals surface area contributed by atoms with Crippen LogP contribution in [0.15, 0.2) is 29.2 Å². The van der Waals surface area contributed by atoms with Crippen LogP contribution in [0.5, 0.6) is 0 Å². The molecule has 0 radical (unpaired) electrons. The second kappa shape index (κ2) is 6.93. The molecule has 19 heavy (non-hydrogen) atoms. The van der Waals surface area contributed by atoms with E-state index in [2.05, 4.69) is 17.6 Å². The molecule has 1 fully saturated rings. The van der Waals surface area contributed by atoms with Crippen molar-refractivity contribution in [2.75, 3.05) is 31.3 Å². The maximum atomic E-state index is 12.3. The van der Waals surface area contributed by atoms with Crippen molar-refractivity contribution in [2.45, 2.75) is 17.9 Å². The molecule has 5 heteroatoms. The molecule has 104 valence electrons. The lowest BCUT2D eigenvalue weighted by Crippen LogP contribution is -2.39. The fourth-order valence-corrected chi connectivity index (χ4v) is 2.93. The summed E-state index contributed by atoms with van der Waals surface area (Å²) in [6.07, 6.45) is 0. The first-order valence-electron chi connectivity index (χ1n) is 6.54. The van der Waals surface area contributed by atoms with Gasteiger partial charge in [0.05, 0.1) is 24.8 Å². The molecule has 1 amide bonds. The standard InChI is InChI=1S/C14H20N2O2S/c1-3-19-13-7-5-4-6-11(13)16-14(17)10-8-18-9-12(10)15-2/h4-7,10,12,15H,3,8-9H2,1-2H3,(H,16,17). The fourth-order valence-electron chi connectivity index (χ4n) is 2.17. The van der Waals surface area contributed by atoms with Crippen LogP contribution in [0.2, 0.25) is 0 Å². The van der Waals surface area contributed by atoms with Crippen molar-refractivity contribution >= 4 is 23.4 Å². The van der Waals surface area contributed by atoms with Gasteiger partial charge in [-0.2, -0.15) is 0 Å². The van der Waals surface area contributed by atoms with E-state index in [1.165, 1.54) is 0 Å². The zero-order valence-corrected chi connectivity index (χ0v) is 12.1. The third kappa shape index (κ3) is 3.49. The maximum Gasteiger partial charge on any atom is 0.231 e. The van der Waals surface area contributed by atoms with Crippen LogP contribution in [-0.4, -0.2) is 38.0 Å². The van der Waals surface area contributed by atoms with E-state index >= 15 is 0 Å². The van der Waals surface area contributed by atoms with Gasteiger partial charge < -0.3 is 15.4 Å². The van der Waals surface area contributed by atoms with Crippen molar-refractivity contribution in [1.29, 1.82) is 0 Å². The van der Waals surface area contributed by atoms with E-state index < -0.39 is 0 Å². The summed E-state index contributed by atoms with van der Waals surface area (Å²) in [5, 5.41) is 6.15. The predicted molar refractivity (Wildman–Crippen MR) is 78.6 cm³/mol. The fraction of sp³-hybridized carbons (Fsp3) is 0.500. The first-order chi connectivity index (χ1) is 9.26. The molecule has 0 bridgehead atoms. The number of hydrogen-bond acceptors (Lipinski definition) is 4. The third-order valence-electron chi connectivity index (χ3n) is 3.23. The van der Waals surface area contributed by atoms with E-state index in [1.807, 2.05) is 31.3 Å². The molecule has 2 N–H and O–H groups in total. The van der Waals surface area contributed by atoms with Gasteiger partial charge in [-0.15, -0.1) is 11.8 Å². The molecular formula is C14H20N2O2S. The molecule has 1 aromatic rings. The van der Waals surface area contributed by atoms with E-state index in [0.29, 0.717) is 13.2 Å². The highest BCUT2D eigenvalue weighted by Gasteiger charge is 2.33. The first kappa shape index (κ1) is 14.4. The number of ether oxygens (including phenoxy) is 1. The zero-order chi connectivity index (χ0) is 13.7. The van der Waals surface area contributed by atoms with Gasteiger partial charge in [-0.3, -0.25) is 4.79 Å². The summed E-state index contributed by atoms with van der Waals surface area (Å²) in [6, 6.07) is 8.01. The third-order valence-corrected chi connectivity index (χ3v) is 4.19. The lowest BCUT2D eigenvalue weighted by molar-refractivity contribution is -0.120. The predicted octanol–water partition coefficient (Wildman–Crippen LogP) is 1.97. The van der Waals surface area contributed by atoms with Gasteiger partial charge in [-0.25, -0.2) is 0 Å². The van der Waals surface area contributed by atoms with Crippen molar-refractivity contribution in [3.05, 3.63) is 24.3 Å². The van der Waals surface area contributed by atoms with Gasteiger partial charge in [-0.05, 0) is 24.9 Å². The molecule has 1 saturated heterocycles. The van der Waals surface area contributed by atoms with E-state index in [0.717, 1.165) is 16.3 Å². The lowest BCUT2D eigenvalue weighted by atomic mass is 10.0. The second-order valence-electron chi connectivity index (χ2n) is 4.46. The number of hydrogen-bond donors (Lipinski definition) is 2. The van der Waals surface area contributed by atoms with Gasteiger partial charge in [0.2, 0.25) is 5.91 Å². The minimum absolute atomic E-state index is 0.0287. The monoisotopic (exact) mass is 280 g/mol. The maximum absolute atomic E-state index is 12.3. The van der Waals surface area contributed by atoms with Crippen molar-refractivity contribution in [1.82, 2.24) is 5.32 Å². The molecule has 0 aromatic heterocycles. The Hall–Kier alpha value is -1.04. The Morgan fingerprint density at radius 3 is 2.95 bits per heavy atom. The topological polar surface area (TPSA) is 50.4 Å². The number of thioether (sulfide) groups is 1. The van der Waals surface area contributed by atoms with Gasteiger partial charge in [0.25, 0.3) is 0 Å². The lowest BCUT2D eigenvalue weighted by Gasteiger charge is -2.17. The van der Waals surface area contributed by atoms with Crippen molar-refractivity contribution in [2.24, 2.45) is 5.92 Å². The van der Waals surface area contributed by atoms with Gasteiger partial charge in [0, 0.05) is 10.9 Å². The first-order valence-corrected chi connectivity index (χ1v) is 7.52. The van der Waals surface area contributed by atoms with E-state index in [4.69, 9.17) is 4.74 Å². The Bertz CT molecular complexity index is 439. The Kier molecular flexibility index (Phi) is 5.24. The van der Waals surface area contributed by atoms with Crippen LogP contribution < -0.4 is 10.6 Å². The summed E-state index contributed by atoms with van der Waals surface area (Å²) >= 11 is 1.73. The number of amides is 1. The number of carbonyl (C=O) groups is 1. The minimum Gasteiger partial charge on any atom is -0.379 e. The summed E-state index contributed by atoms with van der Waals surface area (Å²) in [6.45, 7) is 3.19. The molecule has 2 unspecified atom stereocenters. The normalized spacial score (nSPS) is 22.4. The SMILES string of the molecule is CCSc1ccccc1NC(=O)C1COCC1NC. The average Bonchev–Trinajstić information content (AvgIpc) is 2.89. The highest BCUT2D eigenvalue weighted by Crippen LogP contribution is 2.27. The number of benzene rings is 1. The molecule has 0 saturated carbocycles. The van der Waals surface area contributed by atoms with Crippen molar-refractivity contribution < 1.29 is 9.53 Å². The van der Waals surface area contributed by atoms with Gasteiger partial charge in [0.15, 0.2) is 0 Å². The van der Waals surface area contributed by atoms with Crippen LogP contribution in [-0.2, 0) is 9.53 Å². The molecule has 4 nitrogen and oxygen atoms in total. The Labute approximate surface area is 118 Å². The van der Waals surface area contributed by atoms with Crippen LogP contribution in [0.3, 0.4) is 0 Å². The molecule has 1 aliphatic rings. The molecule has 2 atom stereocenters. The molecule has 1 heterocycles. The average molecular weight is 280 g/mol. The quantitative estimate of drug-likeness (QED) is 0.810. The highest BCUT2D eigenvalue weighted by molar-refractivity contribution is 7.99. The summed E-state index contributed by atoms with van der Waals surface area (Å²) in [7, 11) is 1.86. The van der Waals surface area contributed by atoms with E-state index in [-0.39, 0.29) is 17.9 Å². The van der Waals surface area contributed by atoms with Crippen LogP contribution >= 0.6 is 11.8 Å². The number of carbonyl (C=O) groups excluding carboxylic acids is 1. The second-order valence-corrected chi connectivity index (χ2v) is 5.76. The zero-order valence-electron chi connectivity index (χ0n) is 11.3. The van der Waals surface area contributed by atoms with Crippen molar-refractivity contribution in [3.8, 4) is 0 Å². The van der Waals surface area contributed by atoms with Crippen LogP contribution in [0.25, 0.3) is 0 Å². The van der Waals surface area contributed by atoms with E-state index in [1.54, 1.807) is 11.8 Å². The summed E-state index contributed by atoms with van der Waals surface area (Å²) in [4.78, 5) is 13.4. The summed E-state index contributed by atoms with van der Waals surface area (Å²) in [5.74, 6) is 0.893. The number of nitrogens with one attached hydrogen (secondary N) is 2. The highest BCUT2D eigenvalue weighted by atomic mass is 32.2. The molecule has 1 aromatic carbocycles. The van der Waals surface area contributed by atoms with Gasteiger partial charge in [-0.1, -0.05) is 19.1 Å². The van der Waals surface area contributed by atoms with Crippen LogP contribution in [0.1, 0.15) is 6.92 Å². The van der Waals surface area contributed by atoms with E-state index in [9.17, 15) is 4.79 Å². The molecule has 0 aliphatic carbocycles.